The lowest BCUT2D eigenvalue weighted by molar-refractivity contribution is 0.709. The van der Waals surface area contributed by atoms with Gasteiger partial charge < -0.3 is 4.57 Å². The molecule has 3 rings (SSSR count). The first kappa shape index (κ1) is 13.6. The van der Waals surface area contributed by atoms with Gasteiger partial charge >= 0.3 is 0 Å². The highest BCUT2D eigenvalue weighted by Crippen LogP contribution is 2.20. The zero-order valence-electron chi connectivity index (χ0n) is 12.5. The van der Waals surface area contributed by atoms with Gasteiger partial charge in [0, 0.05) is 11.1 Å². The summed E-state index contributed by atoms with van der Waals surface area (Å²) >= 11 is 0. The van der Waals surface area contributed by atoms with Crippen LogP contribution in [0.15, 0.2) is 59.4 Å². The topological polar surface area (TPSA) is 22.0 Å². The molecule has 21 heavy (non-hydrogen) atoms. The molecule has 0 fully saturated rings. The number of benzene rings is 2. The Bertz CT molecular complexity index is 831. The maximum absolute atomic E-state index is 12.8. The lowest BCUT2D eigenvalue weighted by Crippen LogP contribution is -2.25. The molecule has 0 amide bonds. The van der Waals surface area contributed by atoms with Crippen molar-refractivity contribution in [2.24, 2.45) is 0 Å². The molecule has 106 valence electrons. The van der Waals surface area contributed by atoms with Crippen molar-refractivity contribution in [2.45, 2.75) is 26.8 Å². The van der Waals surface area contributed by atoms with Gasteiger partial charge in [0.1, 0.15) is 0 Å². The Balaban J connectivity index is 2.26. The number of pyridine rings is 1. The van der Waals surface area contributed by atoms with Gasteiger partial charge in [-0.05, 0) is 35.9 Å². The fourth-order valence-corrected chi connectivity index (χ4v) is 3.01. The highest BCUT2D eigenvalue weighted by molar-refractivity contribution is 5.85. The molecular weight excluding hydrogens is 258 g/mol. The Kier molecular flexibility index (Phi) is 3.61. The van der Waals surface area contributed by atoms with Crippen molar-refractivity contribution in [3.05, 3.63) is 81.8 Å². The van der Waals surface area contributed by atoms with E-state index in [4.69, 9.17) is 0 Å². The van der Waals surface area contributed by atoms with Gasteiger partial charge in [0.05, 0.1) is 6.54 Å². The fourth-order valence-electron chi connectivity index (χ4n) is 3.01. The van der Waals surface area contributed by atoms with Gasteiger partial charge in [-0.25, -0.2) is 0 Å². The summed E-state index contributed by atoms with van der Waals surface area (Å²) in [5, 5.41) is 1.88. The monoisotopic (exact) mass is 277 g/mol. The Morgan fingerprint density at radius 1 is 0.905 bits per heavy atom. The molecule has 0 atom stereocenters. The molecule has 0 unspecified atom stereocenters. The van der Waals surface area contributed by atoms with E-state index in [0.717, 1.165) is 28.5 Å². The molecule has 0 aliphatic rings. The first-order valence-corrected chi connectivity index (χ1v) is 7.37. The van der Waals surface area contributed by atoms with Gasteiger partial charge in [0.15, 0.2) is 0 Å². The van der Waals surface area contributed by atoms with E-state index in [1.54, 1.807) is 0 Å². The molecular formula is C19H19NO. The van der Waals surface area contributed by atoms with Crippen LogP contribution in [-0.2, 0) is 13.0 Å². The van der Waals surface area contributed by atoms with Crippen LogP contribution < -0.4 is 5.56 Å². The van der Waals surface area contributed by atoms with E-state index >= 15 is 0 Å². The Morgan fingerprint density at radius 2 is 1.52 bits per heavy atom. The third kappa shape index (κ3) is 2.38. The molecule has 2 aromatic carbocycles. The predicted molar refractivity (Wildman–Crippen MR) is 87.9 cm³/mol. The van der Waals surface area contributed by atoms with E-state index in [0.29, 0.717) is 6.54 Å². The van der Waals surface area contributed by atoms with Crippen LogP contribution in [0, 0.1) is 6.92 Å². The number of fused-ring (bicyclic) bond motifs is 1. The molecule has 1 aromatic heterocycles. The molecule has 0 aliphatic heterocycles. The molecule has 0 saturated carbocycles. The Hall–Kier alpha value is -2.35. The third-order valence-electron chi connectivity index (χ3n) is 4.08. The SMILES string of the molecule is CCc1c(C)c2ccccc2c(=O)n1Cc1ccccc1. The lowest BCUT2D eigenvalue weighted by Gasteiger charge is -2.17. The number of aromatic nitrogens is 1. The number of nitrogens with zero attached hydrogens (tertiary/aromatic N) is 1. The molecule has 0 aliphatic carbocycles. The van der Waals surface area contributed by atoms with Crippen LogP contribution in [0.2, 0.25) is 0 Å². The summed E-state index contributed by atoms with van der Waals surface area (Å²) in [6.07, 6.45) is 0.860. The standard InChI is InChI=1S/C19H19NO/c1-3-18-14(2)16-11-7-8-12-17(16)19(21)20(18)13-15-9-5-4-6-10-15/h4-12H,3,13H2,1-2H3. The Labute approximate surface area is 124 Å². The van der Waals surface area contributed by atoms with Gasteiger partial charge in [-0.1, -0.05) is 55.5 Å². The van der Waals surface area contributed by atoms with Crippen LogP contribution in [0.1, 0.15) is 23.7 Å². The number of hydrogen-bond donors (Lipinski definition) is 0. The minimum atomic E-state index is 0.108. The molecule has 2 nitrogen and oxygen atoms in total. The average molecular weight is 277 g/mol. The summed E-state index contributed by atoms with van der Waals surface area (Å²) in [7, 11) is 0. The molecule has 0 saturated heterocycles. The van der Waals surface area contributed by atoms with E-state index in [9.17, 15) is 4.79 Å². The summed E-state index contributed by atoms with van der Waals surface area (Å²) in [6.45, 7) is 4.86. The van der Waals surface area contributed by atoms with Gasteiger partial charge in [0.2, 0.25) is 0 Å². The zero-order chi connectivity index (χ0) is 14.8. The molecule has 0 bridgehead atoms. The number of rotatable bonds is 3. The zero-order valence-corrected chi connectivity index (χ0v) is 12.5. The average Bonchev–Trinajstić information content (AvgIpc) is 2.54. The molecule has 3 aromatic rings. The number of hydrogen-bond acceptors (Lipinski definition) is 1. The quantitative estimate of drug-likeness (QED) is 0.711. The van der Waals surface area contributed by atoms with Crippen LogP contribution in [0.25, 0.3) is 10.8 Å². The van der Waals surface area contributed by atoms with Crippen molar-refractivity contribution < 1.29 is 0 Å². The van der Waals surface area contributed by atoms with Crippen LogP contribution in [0.5, 0.6) is 0 Å². The van der Waals surface area contributed by atoms with Gasteiger partial charge in [-0.15, -0.1) is 0 Å². The van der Waals surface area contributed by atoms with Crippen molar-refractivity contribution in [3.8, 4) is 0 Å². The fraction of sp³-hybridized carbons (Fsp3) is 0.211. The van der Waals surface area contributed by atoms with E-state index in [1.807, 2.05) is 47.0 Å². The largest absolute Gasteiger partial charge is 0.307 e. The van der Waals surface area contributed by atoms with Crippen LogP contribution in [0.3, 0.4) is 0 Å². The predicted octanol–water partition coefficient (Wildman–Crippen LogP) is 3.92. The highest BCUT2D eigenvalue weighted by atomic mass is 16.1. The second-order valence-corrected chi connectivity index (χ2v) is 5.35. The maximum atomic E-state index is 12.8. The van der Waals surface area contributed by atoms with E-state index in [-0.39, 0.29) is 5.56 Å². The molecule has 0 N–H and O–H groups in total. The second-order valence-electron chi connectivity index (χ2n) is 5.35. The van der Waals surface area contributed by atoms with E-state index in [1.165, 1.54) is 5.56 Å². The Morgan fingerprint density at radius 3 is 2.19 bits per heavy atom. The van der Waals surface area contributed by atoms with Crippen molar-refractivity contribution in [1.29, 1.82) is 0 Å². The van der Waals surface area contributed by atoms with Crippen LogP contribution >= 0.6 is 0 Å². The smallest absolute Gasteiger partial charge is 0.258 e. The summed E-state index contributed by atoms with van der Waals surface area (Å²) < 4.78 is 1.92. The van der Waals surface area contributed by atoms with Crippen molar-refractivity contribution in [3.63, 3.8) is 0 Å². The first-order chi connectivity index (χ1) is 10.2. The van der Waals surface area contributed by atoms with E-state index < -0.39 is 0 Å². The normalized spacial score (nSPS) is 11.0. The summed E-state index contributed by atoms with van der Waals surface area (Å²) in [6, 6.07) is 18.0. The summed E-state index contributed by atoms with van der Waals surface area (Å²) in [5.74, 6) is 0. The highest BCUT2D eigenvalue weighted by Gasteiger charge is 2.12. The lowest BCUT2D eigenvalue weighted by atomic mass is 10.0. The van der Waals surface area contributed by atoms with Gasteiger partial charge in [-0.2, -0.15) is 0 Å². The third-order valence-corrected chi connectivity index (χ3v) is 4.08. The number of aryl methyl sites for hydroxylation is 1. The van der Waals surface area contributed by atoms with E-state index in [2.05, 4.69) is 26.0 Å². The van der Waals surface area contributed by atoms with Crippen LogP contribution in [-0.4, -0.2) is 4.57 Å². The maximum Gasteiger partial charge on any atom is 0.258 e. The molecule has 1 heterocycles. The van der Waals surface area contributed by atoms with Gasteiger partial charge in [-0.3, -0.25) is 4.79 Å². The molecule has 0 spiro atoms. The summed E-state index contributed by atoms with van der Waals surface area (Å²) in [5.41, 5.74) is 3.60. The molecule has 0 radical (unpaired) electrons. The minimum absolute atomic E-state index is 0.108. The van der Waals surface area contributed by atoms with Crippen molar-refractivity contribution >= 4 is 10.8 Å². The van der Waals surface area contributed by atoms with Crippen molar-refractivity contribution in [1.82, 2.24) is 4.57 Å². The second kappa shape index (κ2) is 5.57. The first-order valence-electron chi connectivity index (χ1n) is 7.37. The van der Waals surface area contributed by atoms with Crippen LogP contribution in [0.4, 0.5) is 0 Å². The van der Waals surface area contributed by atoms with Crippen molar-refractivity contribution in [2.75, 3.05) is 0 Å². The minimum Gasteiger partial charge on any atom is -0.307 e. The van der Waals surface area contributed by atoms with Gasteiger partial charge in [0.25, 0.3) is 5.56 Å². The summed E-state index contributed by atoms with van der Waals surface area (Å²) in [4.78, 5) is 12.8. The molecule has 2 heteroatoms.